The lowest BCUT2D eigenvalue weighted by Crippen LogP contribution is -2.48. The van der Waals surface area contributed by atoms with Crippen molar-refractivity contribution >= 4 is 23.6 Å². The molecule has 2 N–H and O–H groups in total. The normalized spacial score (nSPS) is 34.0. The smallest absolute Gasteiger partial charge is 0.225 e. The molecular weight excluding hydrogens is 380 g/mol. The number of carbonyl (C=O) groups excluding carboxylic acids is 1. The second-order valence-corrected chi connectivity index (χ2v) is 10.7. The Hall–Kier alpha value is -0.910. The van der Waals surface area contributed by atoms with Gasteiger partial charge in [-0.3, -0.25) is 9.79 Å². The number of nitrogens with zero attached hydrogens (tertiary/aromatic N) is 2. The maximum Gasteiger partial charge on any atom is 0.225 e. The van der Waals surface area contributed by atoms with Gasteiger partial charge in [-0.1, -0.05) is 32.1 Å². The molecule has 6 heteroatoms. The first-order valence-electron chi connectivity index (χ1n) is 12.2. The number of aliphatic imine (C=N–C) groups is 1. The van der Waals surface area contributed by atoms with E-state index in [1.165, 1.54) is 38.5 Å². The van der Waals surface area contributed by atoms with Gasteiger partial charge in [0.2, 0.25) is 5.91 Å². The van der Waals surface area contributed by atoms with Crippen LogP contribution in [-0.2, 0) is 4.79 Å². The largest absolute Gasteiger partial charge is 0.354 e. The number of guanidine groups is 1. The molecule has 1 aliphatic heterocycles. The Kier molecular flexibility index (Phi) is 7.65. The molecule has 0 bridgehead atoms. The predicted molar refractivity (Wildman–Crippen MR) is 122 cm³/mol. The summed E-state index contributed by atoms with van der Waals surface area (Å²) < 4.78 is 0. The first-order chi connectivity index (χ1) is 14.2. The average molecular weight is 421 g/mol. The van der Waals surface area contributed by atoms with Crippen LogP contribution in [0.5, 0.6) is 0 Å². The van der Waals surface area contributed by atoms with Gasteiger partial charge in [0.25, 0.3) is 0 Å². The molecule has 0 aromatic heterocycles. The Bertz CT molecular complexity index is 563. The summed E-state index contributed by atoms with van der Waals surface area (Å²) in [4.78, 5) is 19.6. The number of hydrogen-bond acceptors (Lipinski definition) is 3. The summed E-state index contributed by atoms with van der Waals surface area (Å²) in [5.41, 5.74) is 0. The van der Waals surface area contributed by atoms with Crippen LogP contribution in [-0.4, -0.2) is 60.0 Å². The van der Waals surface area contributed by atoms with E-state index in [-0.39, 0.29) is 5.92 Å². The van der Waals surface area contributed by atoms with Gasteiger partial charge in [0.1, 0.15) is 0 Å². The number of nitrogens with one attached hydrogen (secondary N) is 2. The molecule has 0 aromatic rings. The SMILES string of the molecule is CCN=C(NC1CCC(C(=O)N2CCSCC2)CC1)NC1CC1C1CCCCC1. The van der Waals surface area contributed by atoms with Gasteiger partial charge in [-0.2, -0.15) is 11.8 Å². The van der Waals surface area contributed by atoms with Crippen LogP contribution < -0.4 is 10.6 Å². The topological polar surface area (TPSA) is 56.7 Å². The van der Waals surface area contributed by atoms with Crippen molar-refractivity contribution in [1.82, 2.24) is 15.5 Å². The lowest BCUT2D eigenvalue weighted by Gasteiger charge is -2.34. The minimum atomic E-state index is 0.245. The molecule has 3 saturated carbocycles. The molecule has 2 atom stereocenters. The van der Waals surface area contributed by atoms with E-state index >= 15 is 0 Å². The molecule has 1 saturated heterocycles. The fourth-order valence-corrected chi connectivity index (χ4v) is 6.55. The molecule has 164 valence electrons. The van der Waals surface area contributed by atoms with Crippen molar-refractivity contribution in [1.29, 1.82) is 0 Å². The molecule has 5 nitrogen and oxygen atoms in total. The fraction of sp³-hybridized carbons (Fsp3) is 0.913. The molecule has 4 aliphatic rings. The van der Waals surface area contributed by atoms with Crippen molar-refractivity contribution in [3.63, 3.8) is 0 Å². The van der Waals surface area contributed by atoms with Gasteiger partial charge >= 0.3 is 0 Å². The number of carbonyl (C=O) groups is 1. The molecule has 4 rings (SSSR count). The third kappa shape index (κ3) is 5.83. The van der Waals surface area contributed by atoms with Crippen molar-refractivity contribution in [2.24, 2.45) is 22.7 Å². The molecular formula is C23H40N4OS. The quantitative estimate of drug-likeness (QED) is 0.527. The van der Waals surface area contributed by atoms with Gasteiger partial charge in [0.15, 0.2) is 5.96 Å². The van der Waals surface area contributed by atoms with E-state index in [1.807, 2.05) is 11.8 Å². The summed E-state index contributed by atoms with van der Waals surface area (Å²) in [6.07, 6.45) is 12.7. The number of amides is 1. The van der Waals surface area contributed by atoms with Gasteiger partial charge in [-0.05, 0) is 50.9 Å². The summed E-state index contributed by atoms with van der Waals surface area (Å²) >= 11 is 1.97. The summed E-state index contributed by atoms with van der Waals surface area (Å²) in [7, 11) is 0. The van der Waals surface area contributed by atoms with E-state index in [0.717, 1.165) is 74.6 Å². The second-order valence-electron chi connectivity index (χ2n) is 9.50. The van der Waals surface area contributed by atoms with Crippen LogP contribution in [0.15, 0.2) is 4.99 Å². The van der Waals surface area contributed by atoms with Crippen molar-refractivity contribution in [2.45, 2.75) is 83.2 Å². The standard InChI is InChI=1S/C23H40N4OS/c1-2-24-23(26-21-16-20(21)17-6-4-3-5-7-17)25-19-10-8-18(9-11-19)22(28)27-12-14-29-15-13-27/h17-21H,2-16H2,1H3,(H2,24,25,26). The number of rotatable bonds is 5. The maximum absolute atomic E-state index is 12.8. The summed E-state index contributed by atoms with van der Waals surface area (Å²) in [6.45, 7) is 4.82. The van der Waals surface area contributed by atoms with Crippen molar-refractivity contribution in [2.75, 3.05) is 31.1 Å². The summed E-state index contributed by atoms with van der Waals surface area (Å²) in [5, 5.41) is 7.44. The van der Waals surface area contributed by atoms with Crippen LogP contribution in [0.25, 0.3) is 0 Å². The van der Waals surface area contributed by atoms with Crippen LogP contribution in [0.2, 0.25) is 0 Å². The Labute approximate surface area is 181 Å². The average Bonchev–Trinajstić information content (AvgIpc) is 3.54. The van der Waals surface area contributed by atoms with Crippen molar-refractivity contribution < 1.29 is 4.79 Å². The van der Waals surface area contributed by atoms with E-state index in [2.05, 4.69) is 22.5 Å². The van der Waals surface area contributed by atoms with Crippen molar-refractivity contribution in [3.8, 4) is 0 Å². The zero-order valence-electron chi connectivity index (χ0n) is 18.2. The highest BCUT2D eigenvalue weighted by Crippen LogP contribution is 2.44. The highest BCUT2D eigenvalue weighted by atomic mass is 32.2. The molecule has 4 fully saturated rings. The molecule has 0 radical (unpaired) electrons. The van der Waals surface area contributed by atoms with E-state index in [1.54, 1.807) is 0 Å². The zero-order chi connectivity index (χ0) is 20.1. The Morgan fingerprint density at radius 3 is 2.41 bits per heavy atom. The lowest BCUT2D eigenvalue weighted by atomic mass is 9.85. The minimum absolute atomic E-state index is 0.245. The van der Waals surface area contributed by atoms with Crippen molar-refractivity contribution in [3.05, 3.63) is 0 Å². The first kappa shape index (κ1) is 21.3. The molecule has 29 heavy (non-hydrogen) atoms. The molecule has 0 spiro atoms. The Balaban J connectivity index is 1.21. The van der Waals surface area contributed by atoms with E-state index in [4.69, 9.17) is 4.99 Å². The lowest BCUT2D eigenvalue weighted by molar-refractivity contribution is -0.136. The third-order valence-corrected chi connectivity index (χ3v) is 8.42. The van der Waals surface area contributed by atoms with Gasteiger partial charge in [0.05, 0.1) is 0 Å². The predicted octanol–water partition coefficient (Wildman–Crippen LogP) is 3.64. The number of thioether (sulfide) groups is 1. The maximum atomic E-state index is 12.8. The van der Waals surface area contributed by atoms with Crippen LogP contribution in [0, 0.1) is 17.8 Å². The van der Waals surface area contributed by atoms with Crippen LogP contribution >= 0.6 is 11.8 Å². The summed E-state index contributed by atoms with van der Waals surface area (Å²) in [5.74, 6) is 5.70. The van der Waals surface area contributed by atoms with Gasteiger partial charge in [0, 0.05) is 49.1 Å². The highest BCUT2D eigenvalue weighted by molar-refractivity contribution is 7.99. The monoisotopic (exact) mass is 420 g/mol. The number of hydrogen-bond donors (Lipinski definition) is 2. The van der Waals surface area contributed by atoms with E-state index in [0.29, 0.717) is 18.0 Å². The van der Waals surface area contributed by atoms with Gasteiger partial charge < -0.3 is 15.5 Å². The Morgan fingerprint density at radius 1 is 1.00 bits per heavy atom. The molecule has 1 heterocycles. The van der Waals surface area contributed by atoms with Crippen LogP contribution in [0.1, 0.15) is 71.1 Å². The third-order valence-electron chi connectivity index (χ3n) is 7.47. The highest BCUT2D eigenvalue weighted by Gasteiger charge is 2.43. The Morgan fingerprint density at radius 2 is 1.72 bits per heavy atom. The molecule has 2 unspecified atom stereocenters. The first-order valence-corrected chi connectivity index (χ1v) is 13.3. The van der Waals surface area contributed by atoms with Crippen LogP contribution in [0.4, 0.5) is 0 Å². The second kappa shape index (κ2) is 10.4. The van der Waals surface area contributed by atoms with E-state index < -0.39 is 0 Å². The minimum Gasteiger partial charge on any atom is -0.354 e. The molecule has 3 aliphatic carbocycles. The zero-order valence-corrected chi connectivity index (χ0v) is 19.0. The molecule has 1 amide bonds. The fourth-order valence-electron chi connectivity index (χ4n) is 5.65. The molecule has 0 aromatic carbocycles. The van der Waals surface area contributed by atoms with Crippen LogP contribution in [0.3, 0.4) is 0 Å². The summed E-state index contributed by atoms with van der Waals surface area (Å²) in [6, 6.07) is 1.09. The van der Waals surface area contributed by atoms with Gasteiger partial charge in [-0.25, -0.2) is 0 Å². The van der Waals surface area contributed by atoms with Gasteiger partial charge in [-0.15, -0.1) is 0 Å². The van der Waals surface area contributed by atoms with E-state index in [9.17, 15) is 4.79 Å².